The minimum atomic E-state index is -0.779. The lowest BCUT2D eigenvalue weighted by molar-refractivity contribution is -0.188. The largest absolute Gasteiger partial charge is 0.508 e. The second-order valence-corrected chi connectivity index (χ2v) is 15.2. The molecule has 0 radical (unpaired) electrons. The van der Waals surface area contributed by atoms with Crippen LogP contribution < -0.4 is 9.47 Å². The predicted molar refractivity (Wildman–Crippen MR) is 191 cm³/mol. The Morgan fingerprint density at radius 3 is 1.79 bits per heavy atom. The van der Waals surface area contributed by atoms with Crippen molar-refractivity contribution in [3.05, 3.63) is 95.6 Å². The Hall–Kier alpha value is -3.82. The number of amides is 1. The Bertz CT molecular complexity index is 1420. The lowest BCUT2D eigenvalue weighted by Crippen LogP contribution is -2.73. The molecule has 1 amide bonds. The molecule has 0 aliphatic carbocycles. The van der Waals surface area contributed by atoms with Crippen LogP contribution in [0.1, 0.15) is 58.2 Å². The van der Waals surface area contributed by atoms with Crippen molar-refractivity contribution < 1.29 is 33.0 Å². The van der Waals surface area contributed by atoms with Crippen molar-refractivity contribution in [2.24, 2.45) is 22.7 Å². The van der Waals surface area contributed by atoms with Gasteiger partial charge in [-0.05, 0) is 77.5 Å². The standard InChI is InChI=1S/C39H53NO7Si/c1-26(47-37(42)45-24-29-12-10-9-11-13-29)33-34(35(38(2,3)4)39(5,6)25-46-48)40(36(33)41)30(22-27-14-18-31(43-7)19-15-27)23-28-16-20-32(44-8)21-17-28/h9-21,26,30,33-35H,22-25H2,1-8,48H3/t26-,33-,34+,35?/m1/s1. The van der Waals surface area contributed by atoms with E-state index in [-0.39, 0.29) is 41.3 Å². The van der Waals surface area contributed by atoms with E-state index in [4.69, 9.17) is 23.4 Å². The number of nitrogens with zero attached hydrogens (tertiary/aromatic N) is 1. The fraction of sp³-hybridized carbons (Fsp3) is 0.487. The first-order valence-corrected chi connectivity index (χ1v) is 17.5. The number of benzene rings is 3. The zero-order valence-electron chi connectivity index (χ0n) is 30.0. The third-order valence-corrected chi connectivity index (χ3v) is 9.79. The highest BCUT2D eigenvalue weighted by molar-refractivity contribution is 5.98. The highest BCUT2D eigenvalue weighted by Crippen LogP contribution is 2.52. The maximum atomic E-state index is 14.5. The molecule has 1 unspecified atom stereocenters. The zero-order valence-corrected chi connectivity index (χ0v) is 32.0. The average Bonchev–Trinajstić information content (AvgIpc) is 3.04. The van der Waals surface area contributed by atoms with Gasteiger partial charge in [0.2, 0.25) is 5.91 Å². The minimum absolute atomic E-state index is 0.0160. The Kier molecular flexibility index (Phi) is 12.4. The van der Waals surface area contributed by atoms with Crippen LogP contribution >= 0.6 is 0 Å². The van der Waals surface area contributed by atoms with E-state index in [1.165, 1.54) is 0 Å². The highest BCUT2D eigenvalue weighted by atomic mass is 28.2. The molecule has 4 rings (SSSR count). The summed E-state index contributed by atoms with van der Waals surface area (Å²) in [5.74, 6) is 1.02. The van der Waals surface area contributed by atoms with Gasteiger partial charge in [-0.1, -0.05) is 89.2 Å². The number of likely N-dealkylation sites (tertiary alicyclic amines) is 1. The summed E-state index contributed by atoms with van der Waals surface area (Å²) in [6.45, 7) is 13.6. The average molecular weight is 676 g/mol. The van der Waals surface area contributed by atoms with Gasteiger partial charge in [-0.15, -0.1) is 0 Å². The van der Waals surface area contributed by atoms with E-state index in [0.29, 0.717) is 29.9 Å². The fourth-order valence-electron chi connectivity index (χ4n) is 7.75. The van der Waals surface area contributed by atoms with Gasteiger partial charge in [0.25, 0.3) is 0 Å². The fourth-order valence-corrected chi connectivity index (χ4v) is 8.49. The van der Waals surface area contributed by atoms with Crippen LogP contribution in [0.15, 0.2) is 78.9 Å². The van der Waals surface area contributed by atoms with Crippen LogP contribution in [0.4, 0.5) is 4.79 Å². The van der Waals surface area contributed by atoms with Crippen molar-refractivity contribution in [1.82, 2.24) is 4.90 Å². The van der Waals surface area contributed by atoms with E-state index >= 15 is 0 Å². The van der Waals surface area contributed by atoms with Crippen LogP contribution in [0.5, 0.6) is 11.5 Å². The van der Waals surface area contributed by atoms with Crippen molar-refractivity contribution in [2.45, 2.75) is 79.2 Å². The van der Waals surface area contributed by atoms with Crippen LogP contribution in [0.2, 0.25) is 0 Å². The van der Waals surface area contributed by atoms with Crippen LogP contribution in [0, 0.1) is 22.7 Å². The Morgan fingerprint density at radius 1 is 0.812 bits per heavy atom. The molecule has 0 saturated carbocycles. The molecule has 260 valence electrons. The van der Waals surface area contributed by atoms with E-state index in [0.717, 1.165) is 28.2 Å². The van der Waals surface area contributed by atoms with Crippen LogP contribution in [-0.2, 0) is 38.1 Å². The second kappa shape index (κ2) is 16.1. The summed E-state index contributed by atoms with van der Waals surface area (Å²) in [5, 5.41) is 0. The number of β-lactam (4-membered cyclic amide) rings is 1. The summed E-state index contributed by atoms with van der Waals surface area (Å²) >= 11 is 0. The van der Waals surface area contributed by atoms with Crippen molar-refractivity contribution in [3.8, 4) is 11.5 Å². The first-order chi connectivity index (χ1) is 22.8. The van der Waals surface area contributed by atoms with Gasteiger partial charge in [0.05, 0.1) is 26.2 Å². The number of hydrogen-bond acceptors (Lipinski definition) is 7. The number of rotatable bonds is 15. The number of hydrogen-bond donors (Lipinski definition) is 0. The summed E-state index contributed by atoms with van der Waals surface area (Å²) < 4.78 is 28.1. The van der Waals surface area contributed by atoms with Crippen molar-refractivity contribution >= 4 is 22.5 Å². The molecule has 4 atom stereocenters. The van der Waals surface area contributed by atoms with Crippen molar-refractivity contribution in [3.63, 3.8) is 0 Å². The molecular formula is C39H53NO7Si. The molecule has 9 heteroatoms. The SMILES string of the molecule is COc1ccc(CC(Cc2ccc(OC)cc2)N2C(=O)[C@H]([C@@H](C)OC(=O)OCc3ccccc3)[C@H]2C(C(C)(C)C)C(C)(C)CO[SiH3])cc1. The predicted octanol–water partition coefficient (Wildman–Crippen LogP) is 6.41. The van der Waals surface area contributed by atoms with E-state index < -0.39 is 18.2 Å². The molecule has 48 heavy (non-hydrogen) atoms. The third-order valence-electron chi connectivity index (χ3n) is 9.50. The van der Waals surface area contributed by atoms with Crippen LogP contribution in [-0.4, -0.2) is 66.5 Å². The number of carbonyl (C=O) groups excluding carboxylic acids is 2. The molecule has 1 fully saturated rings. The molecule has 3 aromatic rings. The summed E-state index contributed by atoms with van der Waals surface area (Å²) in [6.07, 6.45) is -0.178. The summed E-state index contributed by atoms with van der Waals surface area (Å²) in [6, 6.07) is 25.2. The Balaban J connectivity index is 1.71. The molecule has 0 N–H and O–H groups in total. The summed E-state index contributed by atoms with van der Waals surface area (Å²) in [4.78, 5) is 29.6. The summed E-state index contributed by atoms with van der Waals surface area (Å²) in [5.41, 5.74) is 2.59. The molecule has 1 saturated heterocycles. The molecule has 1 aliphatic heterocycles. The molecule has 0 bridgehead atoms. The smallest absolute Gasteiger partial charge is 0.497 e. The van der Waals surface area contributed by atoms with E-state index in [1.807, 2.05) is 61.5 Å². The van der Waals surface area contributed by atoms with Gasteiger partial charge < -0.3 is 28.3 Å². The van der Waals surface area contributed by atoms with E-state index in [9.17, 15) is 9.59 Å². The first kappa shape index (κ1) is 37.0. The quantitative estimate of drug-likeness (QED) is 0.105. The van der Waals surface area contributed by atoms with Gasteiger partial charge in [0, 0.05) is 12.6 Å². The maximum absolute atomic E-state index is 14.5. The topological polar surface area (TPSA) is 83.5 Å². The number of methoxy groups -OCH3 is 2. The van der Waals surface area contributed by atoms with E-state index in [1.54, 1.807) is 14.2 Å². The lowest BCUT2D eigenvalue weighted by atomic mass is 9.56. The maximum Gasteiger partial charge on any atom is 0.508 e. The van der Waals surface area contributed by atoms with Gasteiger partial charge in [0.15, 0.2) is 0 Å². The molecule has 1 heterocycles. The monoisotopic (exact) mass is 675 g/mol. The van der Waals surface area contributed by atoms with Gasteiger partial charge in [-0.2, -0.15) is 0 Å². The van der Waals surface area contributed by atoms with Gasteiger partial charge in [-0.3, -0.25) is 4.79 Å². The molecule has 0 aromatic heterocycles. The lowest BCUT2D eigenvalue weighted by Gasteiger charge is -2.61. The third kappa shape index (κ3) is 8.99. The Labute approximate surface area is 289 Å². The molecule has 8 nitrogen and oxygen atoms in total. The first-order valence-electron chi connectivity index (χ1n) is 16.7. The van der Waals surface area contributed by atoms with Crippen molar-refractivity contribution in [2.75, 3.05) is 20.8 Å². The molecule has 3 aromatic carbocycles. The number of carbonyl (C=O) groups is 2. The van der Waals surface area contributed by atoms with E-state index in [2.05, 4.69) is 63.8 Å². The number of ether oxygens (including phenoxy) is 4. The molecule has 1 aliphatic rings. The zero-order chi connectivity index (χ0) is 35.1. The molecule has 0 spiro atoms. The normalized spacial score (nSPS) is 17.9. The summed E-state index contributed by atoms with van der Waals surface area (Å²) in [7, 11) is 3.92. The molecular weight excluding hydrogens is 623 g/mol. The minimum Gasteiger partial charge on any atom is -0.497 e. The van der Waals surface area contributed by atoms with Crippen LogP contribution in [0.3, 0.4) is 0 Å². The van der Waals surface area contributed by atoms with Crippen LogP contribution in [0.25, 0.3) is 0 Å². The van der Waals surface area contributed by atoms with Gasteiger partial charge in [0.1, 0.15) is 34.7 Å². The highest BCUT2D eigenvalue weighted by Gasteiger charge is 2.61. The van der Waals surface area contributed by atoms with Crippen molar-refractivity contribution in [1.29, 1.82) is 0 Å². The second-order valence-electron chi connectivity index (χ2n) is 14.6. The van der Waals surface area contributed by atoms with Gasteiger partial charge in [-0.25, -0.2) is 4.79 Å². The Morgan fingerprint density at radius 2 is 1.33 bits per heavy atom. The van der Waals surface area contributed by atoms with Gasteiger partial charge >= 0.3 is 6.16 Å².